The minimum atomic E-state index is 0.714. The summed E-state index contributed by atoms with van der Waals surface area (Å²) in [5, 5.41) is 3.45. The number of hydrogen-bond acceptors (Lipinski definition) is 4. The van der Waals surface area contributed by atoms with Gasteiger partial charge in [-0.3, -0.25) is 4.98 Å². The van der Waals surface area contributed by atoms with Crippen LogP contribution in [-0.2, 0) is 0 Å². The average molecular weight is 639 g/mol. The Labute approximate surface area is 290 Å². The molecule has 0 atom stereocenters. The van der Waals surface area contributed by atoms with E-state index < -0.39 is 0 Å². The van der Waals surface area contributed by atoms with E-state index in [1.807, 2.05) is 54.7 Å². The van der Waals surface area contributed by atoms with Crippen molar-refractivity contribution in [3.8, 4) is 67.4 Å². The Morgan fingerprint density at radius 3 is 1.60 bits per heavy atom. The number of fused-ring (bicyclic) bond motifs is 3. The van der Waals surface area contributed by atoms with E-state index in [1.165, 1.54) is 10.9 Å². The summed E-state index contributed by atoms with van der Waals surface area (Å²) in [5.74, 6) is 0.714. The zero-order valence-electron chi connectivity index (χ0n) is 27.1. The highest BCUT2D eigenvalue weighted by atomic mass is 14.9. The topological polar surface area (TPSA) is 51.6 Å². The molecule has 0 aliphatic carbocycles. The third-order valence-electron chi connectivity index (χ3n) is 9.20. The highest BCUT2D eigenvalue weighted by Crippen LogP contribution is 2.39. The predicted octanol–water partition coefficient (Wildman–Crippen LogP) is 11.6. The first kappa shape index (κ1) is 29.4. The molecule has 6 aromatic carbocycles. The summed E-state index contributed by atoms with van der Waals surface area (Å²) in [5.41, 5.74) is 12.5. The molecule has 0 amide bonds. The normalized spacial score (nSPS) is 11.2. The van der Waals surface area contributed by atoms with Gasteiger partial charge in [-0.2, -0.15) is 0 Å². The summed E-state index contributed by atoms with van der Waals surface area (Å²) in [4.78, 5) is 19.4. The van der Waals surface area contributed by atoms with Crippen LogP contribution < -0.4 is 0 Å². The van der Waals surface area contributed by atoms with Gasteiger partial charge in [-0.15, -0.1) is 0 Å². The van der Waals surface area contributed by atoms with Gasteiger partial charge in [0, 0.05) is 50.8 Å². The van der Waals surface area contributed by atoms with Crippen LogP contribution in [0.4, 0.5) is 0 Å². The first-order chi connectivity index (χ1) is 24.8. The molecule has 0 saturated heterocycles. The fourth-order valence-electron chi connectivity index (χ4n) is 6.71. The van der Waals surface area contributed by atoms with E-state index in [0.717, 1.165) is 72.3 Å². The number of aromatic nitrogens is 4. The first-order valence-corrected chi connectivity index (χ1v) is 16.7. The van der Waals surface area contributed by atoms with Crippen LogP contribution in [0.25, 0.3) is 89.1 Å². The van der Waals surface area contributed by atoms with Gasteiger partial charge in [-0.05, 0) is 46.5 Å². The van der Waals surface area contributed by atoms with Gasteiger partial charge < -0.3 is 0 Å². The lowest BCUT2D eigenvalue weighted by Gasteiger charge is -2.14. The van der Waals surface area contributed by atoms with Crippen LogP contribution in [0.15, 0.2) is 182 Å². The van der Waals surface area contributed by atoms with Gasteiger partial charge in [0.1, 0.15) is 0 Å². The van der Waals surface area contributed by atoms with Gasteiger partial charge in [0.15, 0.2) is 5.82 Å². The average Bonchev–Trinajstić information content (AvgIpc) is 3.21. The summed E-state index contributed by atoms with van der Waals surface area (Å²) in [6, 6.07) is 59.0. The van der Waals surface area contributed by atoms with Crippen molar-refractivity contribution in [2.75, 3.05) is 0 Å². The maximum atomic E-state index is 5.08. The predicted molar refractivity (Wildman–Crippen MR) is 205 cm³/mol. The zero-order valence-corrected chi connectivity index (χ0v) is 27.1. The smallest absolute Gasteiger partial charge is 0.160 e. The molecule has 0 saturated carbocycles. The standard InChI is InChI=1S/C46H30N4/c1-3-11-34(12-4-1)42-29-43(50-46(49-42)36-13-5-2-6-14-36)35-26-22-32(23-27-35)31-20-24-33(25-21-31)38-17-9-18-40-44(38)39-16-7-8-19-41(39)48-45(40)37-15-10-28-47-30-37/h1-30H. The highest BCUT2D eigenvalue weighted by Gasteiger charge is 2.15. The monoisotopic (exact) mass is 638 g/mol. The van der Waals surface area contributed by atoms with Crippen LogP contribution in [0.2, 0.25) is 0 Å². The Morgan fingerprint density at radius 1 is 0.360 bits per heavy atom. The SMILES string of the molecule is c1ccc(-c2cc(-c3ccc(-c4ccc(-c5cccc6c(-c7cccnc7)nc7ccccc7c56)cc4)cc3)nc(-c3ccccc3)n2)cc1. The molecular formula is C46H30N4. The van der Waals surface area contributed by atoms with Crippen LogP contribution in [0, 0.1) is 0 Å². The van der Waals surface area contributed by atoms with Crippen LogP contribution >= 0.6 is 0 Å². The molecule has 4 nitrogen and oxygen atoms in total. The Balaban J connectivity index is 1.08. The van der Waals surface area contributed by atoms with Crippen molar-refractivity contribution in [3.63, 3.8) is 0 Å². The van der Waals surface area contributed by atoms with Crippen LogP contribution in [0.5, 0.6) is 0 Å². The van der Waals surface area contributed by atoms with Gasteiger partial charge in [0.25, 0.3) is 0 Å². The third kappa shape index (κ3) is 5.49. The summed E-state index contributed by atoms with van der Waals surface area (Å²) >= 11 is 0. The van der Waals surface area contributed by atoms with E-state index in [9.17, 15) is 0 Å². The van der Waals surface area contributed by atoms with Crippen LogP contribution in [0.1, 0.15) is 0 Å². The van der Waals surface area contributed by atoms with Gasteiger partial charge in [-0.1, -0.05) is 146 Å². The van der Waals surface area contributed by atoms with Crippen molar-refractivity contribution in [2.45, 2.75) is 0 Å². The van der Waals surface area contributed by atoms with E-state index in [1.54, 1.807) is 6.20 Å². The number of para-hydroxylation sites is 1. The number of pyridine rings is 2. The number of nitrogens with zero attached hydrogens (tertiary/aromatic N) is 4. The molecule has 0 N–H and O–H groups in total. The molecule has 234 valence electrons. The zero-order chi connectivity index (χ0) is 33.3. The van der Waals surface area contributed by atoms with Crippen LogP contribution in [0.3, 0.4) is 0 Å². The molecule has 0 radical (unpaired) electrons. The van der Waals surface area contributed by atoms with Crippen molar-refractivity contribution in [1.29, 1.82) is 0 Å². The third-order valence-corrected chi connectivity index (χ3v) is 9.20. The van der Waals surface area contributed by atoms with Crippen molar-refractivity contribution in [2.24, 2.45) is 0 Å². The van der Waals surface area contributed by atoms with E-state index in [4.69, 9.17) is 15.0 Å². The van der Waals surface area contributed by atoms with Crippen molar-refractivity contribution < 1.29 is 0 Å². The second-order valence-corrected chi connectivity index (χ2v) is 12.3. The number of rotatable bonds is 6. The number of benzene rings is 6. The molecule has 0 fully saturated rings. The van der Waals surface area contributed by atoms with Crippen molar-refractivity contribution in [3.05, 3.63) is 182 Å². The Bertz CT molecular complexity index is 2540. The molecule has 0 bridgehead atoms. The fraction of sp³-hybridized carbons (Fsp3) is 0. The van der Waals surface area contributed by atoms with Crippen LogP contribution in [-0.4, -0.2) is 19.9 Å². The second kappa shape index (κ2) is 12.7. The quantitative estimate of drug-likeness (QED) is 0.170. The van der Waals surface area contributed by atoms with E-state index in [-0.39, 0.29) is 0 Å². The maximum absolute atomic E-state index is 5.08. The molecule has 3 heterocycles. The van der Waals surface area contributed by atoms with Crippen molar-refractivity contribution >= 4 is 21.7 Å². The molecule has 0 aliphatic heterocycles. The minimum absolute atomic E-state index is 0.714. The highest BCUT2D eigenvalue weighted by molar-refractivity contribution is 6.17. The summed E-state index contributed by atoms with van der Waals surface area (Å²) in [6.07, 6.45) is 3.69. The van der Waals surface area contributed by atoms with Gasteiger partial charge in [0.2, 0.25) is 0 Å². The molecule has 0 unspecified atom stereocenters. The van der Waals surface area contributed by atoms with Gasteiger partial charge in [-0.25, -0.2) is 15.0 Å². The lowest BCUT2D eigenvalue weighted by molar-refractivity contribution is 1.18. The number of hydrogen-bond donors (Lipinski definition) is 0. The first-order valence-electron chi connectivity index (χ1n) is 16.7. The maximum Gasteiger partial charge on any atom is 0.160 e. The fourth-order valence-corrected chi connectivity index (χ4v) is 6.71. The largest absolute Gasteiger partial charge is 0.264 e. The van der Waals surface area contributed by atoms with Gasteiger partial charge in [0.05, 0.1) is 22.6 Å². The minimum Gasteiger partial charge on any atom is -0.264 e. The molecular weight excluding hydrogens is 609 g/mol. The van der Waals surface area contributed by atoms with E-state index >= 15 is 0 Å². The molecule has 50 heavy (non-hydrogen) atoms. The summed E-state index contributed by atoms with van der Waals surface area (Å²) < 4.78 is 0. The molecule has 9 rings (SSSR count). The Morgan fingerprint density at radius 2 is 0.920 bits per heavy atom. The Hall–Kier alpha value is -6.78. The Kier molecular flexibility index (Phi) is 7.45. The molecule has 9 aromatic rings. The van der Waals surface area contributed by atoms with E-state index in [0.29, 0.717) is 5.82 Å². The molecule has 3 aromatic heterocycles. The van der Waals surface area contributed by atoms with E-state index in [2.05, 4.69) is 126 Å². The van der Waals surface area contributed by atoms with Gasteiger partial charge >= 0.3 is 0 Å². The second-order valence-electron chi connectivity index (χ2n) is 12.3. The lowest BCUT2D eigenvalue weighted by atomic mass is 9.92. The summed E-state index contributed by atoms with van der Waals surface area (Å²) in [7, 11) is 0. The lowest BCUT2D eigenvalue weighted by Crippen LogP contribution is -1.95. The molecule has 0 spiro atoms. The molecule has 4 heteroatoms. The van der Waals surface area contributed by atoms with Crippen molar-refractivity contribution in [1.82, 2.24) is 19.9 Å². The summed E-state index contributed by atoms with van der Waals surface area (Å²) in [6.45, 7) is 0. The molecule has 0 aliphatic rings.